The number of nitriles is 4. The van der Waals surface area contributed by atoms with Crippen molar-refractivity contribution in [2.45, 2.75) is 0 Å². The first kappa shape index (κ1) is 37.2. The van der Waals surface area contributed by atoms with E-state index in [0.29, 0.717) is 0 Å². The maximum absolute atomic E-state index is 8.13. The van der Waals surface area contributed by atoms with Crippen LogP contribution < -0.4 is 257 Å². The molecular formula is C4H3K5N4Pd. The summed E-state index contributed by atoms with van der Waals surface area (Å²) in [4.78, 5) is 0. The van der Waals surface area contributed by atoms with E-state index in [1.54, 1.807) is 0 Å². The van der Waals surface area contributed by atoms with E-state index >= 15 is 0 Å². The van der Waals surface area contributed by atoms with Crippen molar-refractivity contribution < 1.29 is 277 Å². The minimum absolute atomic E-state index is 0. The zero-order chi connectivity index (χ0) is 7.33. The number of hydrogen-bond acceptors (Lipinski definition) is 4. The maximum Gasteiger partial charge on any atom is 1.00 e. The van der Waals surface area contributed by atoms with Gasteiger partial charge in [0.25, 0.3) is 0 Å². The molecule has 0 radical (unpaired) electrons. The number of nitrogens with zero attached hydrogens (tertiary/aromatic N) is 4. The molecule has 0 amide bonds. The van der Waals surface area contributed by atoms with Crippen LogP contribution in [-0.4, -0.2) is 0 Å². The second kappa shape index (κ2) is 24.8. The molecule has 0 fully saturated rings. The number of hydrogen-bond donors (Lipinski definition) is 0. The van der Waals surface area contributed by atoms with Crippen LogP contribution >= 0.6 is 0 Å². The smallest absolute Gasteiger partial charge is 1.00 e. The Hall–Kier alpha value is 6.80. The topological polar surface area (TPSA) is 95.2 Å². The average molecular weight is 409 g/mol. The molecule has 0 aliphatic heterocycles. The van der Waals surface area contributed by atoms with Gasteiger partial charge in [-0.05, 0) is 0 Å². The van der Waals surface area contributed by atoms with Crippen molar-refractivity contribution in [2.75, 3.05) is 0 Å². The van der Waals surface area contributed by atoms with Crippen LogP contribution in [0.2, 0.25) is 0 Å². The van der Waals surface area contributed by atoms with Crippen molar-refractivity contribution in [3.8, 4) is 18.2 Å². The zero-order valence-electron chi connectivity index (χ0n) is 12.1. The molecule has 0 aromatic heterocycles. The Labute approximate surface area is 304 Å². The van der Waals surface area contributed by atoms with Crippen molar-refractivity contribution in [3.05, 3.63) is 0 Å². The molecule has 0 bridgehead atoms. The summed E-state index contributed by atoms with van der Waals surface area (Å²) in [7, 11) is 0. The van der Waals surface area contributed by atoms with Gasteiger partial charge in [0.1, 0.15) is 0 Å². The molecule has 0 aliphatic rings. The summed E-state index contributed by atoms with van der Waals surface area (Å²) in [6, 6.07) is 0. The molecule has 4 nitrogen and oxygen atoms in total. The van der Waals surface area contributed by atoms with Crippen LogP contribution in [0, 0.1) is 39.2 Å². The van der Waals surface area contributed by atoms with E-state index in [1.807, 2.05) is 0 Å². The summed E-state index contributed by atoms with van der Waals surface area (Å²) in [5.41, 5.74) is 0. The first-order chi connectivity index (χ1) is 4.24. The van der Waals surface area contributed by atoms with Crippen molar-refractivity contribution >= 4 is 0 Å². The monoisotopic (exact) mass is 408 g/mol. The predicted octanol–water partition coefficient (Wildman–Crippen LogP) is -14.6. The van der Waals surface area contributed by atoms with Crippen LogP contribution in [0.15, 0.2) is 0 Å². The summed E-state index contributed by atoms with van der Waals surface area (Å²) in [6.45, 7) is 0. The Morgan fingerprint density at radius 1 is 0.571 bits per heavy atom. The van der Waals surface area contributed by atoms with Gasteiger partial charge in [-0.15, -0.1) is 0 Å². The van der Waals surface area contributed by atoms with Crippen molar-refractivity contribution in [1.29, 1.82) is 21.0 Å². The van der Waals surface area contributed by atoms with E-state index in [1.165, 1.54) is 18.2 Å². The van der Waals surface area contributed by atoms with Crippen molar-refractivity contribution in [2.24, 2.45) is 0 Å². The molecule has 0 saturated carbocycles. The van der Waals surface area contributed by atoms with E-state index in [2.05, 4.69) is 0 Å². The standard InChI is InChI=1S/4CN.5K.Pd.3H/c4*1-2;;;;;;;;;/q;;;;5*+1;-2;3*-1. The summed E-state index contributed by atoms with van der Waals surface area (Å²) >= 11 is -3.58. The van der Waals surface area contributed by atoms with Gasteiger partial charge in [-0.2, -0.15) is 0 Å². The Balaban J connectivity index is -0.0000000114. The molecule has 0 rings (SSSR count). The fraction of sp³-hybridized carbons (Fsp3) is 0. The van der Waals surface area contributed by atoms with E-state index < -0.39 is 15.5 Å². The Morgan fingerprint density at radius 2 is 0.714 bits per heavy atom. The van der Waals surface area contributed by atoms with E-state index in [0.717, 1.165) is 0 Å². The van der Waals surface area contributed by atoms with E-state index in [4.69, 9.17) is 21.0 Å². The van der Waals surface area contributed by atoms with Crippen LogP contribution in [0.25, 0.3) is 0 Å². The minimum atomic E-state index is -3.58. The predicted molar refractivity (Wildman–Crippen MR) is 25.8 cm³/mol. The molecule has 14 heavy (non-hydrogen) atoms. The average Bonchev–Trinajstić information content (AvgIpc) is 1.95. The quantitative estimate of drug-likeness (QED) is 0.372. The van der Waals surface area contributed by atoms with Gasteiger partial charge in [-0.1, -0.05) is 0 Å². The molecule has 0 saturated heterocycles. The fourth-order valence-electron chi connectivity index (χ4n) is 0.0949. The molecule has 0 unspecified atom stereocenters. The van der Waals surface area contributed by atoms with E-state index in [9.17, 15) is 0 Å². The molecule has 0 aliphatic carbocycles. The first-order valence-electron chi connectivity index (χ1n) is 1.53. The summed E-state index contributed by atoms with van der Waals surface area (Å²) < 4.78 is 5.72. The van der Waals surface area contributed by atoms with Gasteiger partial charge in [0.15, 0.2) is 0 Å². The summed E-state index contributed by atoms with van der Waals surface area (Å²) in [5.74, 6) is 0. The van der Waals surface area contributed by atoms with Gasteiger partial charge in [0.05, 0.1) is 0 Å². The molecule has 54 valence electrons. The van der Waals surface area contributed by atoms with Crippen LogP contribution in [0.3, 0.4) is 0 Å². The molecule has 0 atom stereocenters. The van der Waals surface area contributed by atoms with Crippen molar-refractivity contribution in [1.82, 2.24) is 0 Å². The largest absolute Gasteiger partial charge is 1.00 e. The third kappa shape index (κ3) is 16.9. The number of rotatable bonds is 0. The van der Waals surface area contributed by atoms with Crippen molar-refractivity contribution in [3.63, 3.8) is 0 Å². The van der Waals surface area contributed by atoms with Gasteiger partial charge in [-0.3, -0.25) is 0 Å². The Bertz CT molecular complexity index is 230. The minimum Gasteiger partial charge on any atom is -1.00 e. The van der Waals surface area contributed by atoms with Crippen LogP contribution in [0.5, 0.6) is 0 Å². The molecular weight excluding hydrogens is 406 g/mol. The fourth-order valence-corrected chi connectivity index (χ4v) is 0.561. The van der Waals surface area contributed by atoms with Crippen LogP contribution in [0.1, 0.15) is 4.28 Å². The zero-order valence-corrected chi connectivity index (χ0v) is 26.3. The molecule has 0 aromatic carbocycles. The molecule has 0 heterocycles. The van der Waals surface area contributed by atoms with Crippen LogP contribution in [0.4, 0.5) is 0 Å². The maximum atomic E-state index is 8.13. The molecule has 0 spiro atoms. The summed E-state index contributed by atoms with van der Waals surface area (Å²) in [5, 5.41) is 32.5. The molecule has 10 heteroatoms. The molecule has 0 aromatic rings. The first-order valence-corrected chi connectivity index (χ1v) is 4.64. The van der Waals surface area contributed by atoms with Crippen LogP contribution in [-0.2, 0) is 15.5 Å². The van der Waals surface area contributed by atoms with Gasteiger partial charge in [-0.25, -0.2) is 0 Å². The third-order valence-corrected chi connectivity index (χ3v) is 2.51. The normalized spacial score (nSPS) is 6.00. The van der Waals surface area contributed by atoms with Gasteiger partial charge >= 0.3 is 312 Å². The second-order valence-electron chi connectivity index (χ2n) is 0.757. The Kier molecular flexibility index (Phi) is 65.9. The second-order valence-corrected chi connectivity index (χ2v) is 4.48. The van der Waals surface area contributed by atoms with E-state index in [-0.39, 0.29) is 261 Å². The Morgan fingerprint density at radius 3 is 0.714 bits per heavy atom. The SMILES string of the molecule is N#[C][Pd-2]([C]#N)([C]#N)[C]#N.[H-].[H-].[H-].[K+].[K+].[K+].[K+].[K+]. The summed E-state index contributed by atoms with van der Waals surface area (Å²) in [6.07, 6.45) is 0. The van der Waals surface area contributed by atoms with Gasteiger partial charge in [0.2, 0.25) is 0 Å². The van der Waals surface area contributed by atoms with Gasteiger partial charge in [0, 0.05) is 0 Å². The molecule has 0 N–H and O–H groups in total. The van der Waals surface area contributed by atoms with Gasteiger partial charge < -0.3 is 4.28 Å². The third-order valence-electron chi connectivity index (χ3n) is 0.424.